The van der Waals surface area contributed by atoms with Crippen LogP contribution >= 0.6 is 0 Å². The summed E-state index contributed by atoms with van der Waals surface area (Å²) in [5, 5.41) is 0. The molecule has 0 radical (unpaired) electrons. The fourth-order valence-corrected chi connectivity index (χ4v) is 2.38. The molecule has 0 N–H and O–H groups in total. The van der Waals surface area contributed by atoms with Crippen LogP contribution in [0.25, 0.3) is 0 Å². The van der Waals surface area contributed by atoms with Gasteiger partial charge in [0.25, 0.3) is 0 Å². The van der Waals surface area contributed by atoms with Crippen LogP contribution in [0.1, 0.15) is 33.6 Å². The molecular formula is C13H19NO. The van der Waals surface area contributed by atoms with Crippen molar-refractivity contribution in [3.63, 3.8) is 0 Å². The maximum Gasteiger partial charge on any atom is 0.0795 e. The number of hydrogen-bond acceptors (Lipinski definition) is 2. The fraction of sp³-hybridized carbons (Fsp3) is 0.615. The first kappa shape index (κ1) is 10.6. The van der Waals surface area contributed by atoms with Crippen LogP contribution in [0.5, 0.6) is 0 Å². The zero-order valence-corrected chi connectivity index (χ0v) is 10.0. The number of nitrogens with zero attached hydrogens (tertiary/aromatic N) is 1. The summed E-state index contributed by atoms with van der Waals surface area (Å²) >= 11 is 0. The van der Waals surface area contributed by atoms with Gasteiger partial charge in [0.05, 0.1) is 11.6 Å². The molecule has 0 saturated carbocycles. The average Bonchev–Trinajstić information content (AvgIpc) is 2.15. The van der Waals surface area contributed by atoms with Crippen LogP contribution in [0.3, 0.4) is 0 Å². The van der Waals surface area contributed by atoms with Crippen LogP contribution in [0.2, 0.25) is 0 Å². The maximum atomic E-state index is 5.42. The number of rotatable bonds is 1. The molecule has 0 aromatic rings. The molecule has 1 aliphatic carbocycles. The molecule has 0 aromatic heterocycles. The Morgan fingerprint density at radius 3 is 2.87 bits per heavy atom. The minimum atomic E-state index is 0.0642. The van der Waals surface area contributed by atoms with Gasteiger partial charge in [-0.3, -0.25) is 4.99 Å². The Bertz CT molecular complexity index is 361. The van der Waals surface area contributed by atoms with E-state index in [1.807, 2.05) is 6.21 Å². The molecule has 1 atom stereocenters. The Balaban J connectivity index is 2.30. The number of methoxy groups -OCH3 is 1. The monoisotopic (exact) mass is 205 g/mol. The van der Waals surface area contributed by atoms with Crippen LogP contribution in [0.4, 0.5) is 0 Å². The first-order chi connectivity index (χ1) is 7.02. The van der Waals surface area contributed by atoms with Crippen LogP contribution in [0, 0.1) is 0 Å². The summed E-state index contributed by atoms with van der Waals surface area (Å²) < 4.78 is 5.42. The van der Waals surface area contributed by atoms with E-state index in [9.17, 15) is 0 Å². The lowest BCUT2D eigenvalue weighted by molar-refractivity contribution is 0.137. The quantitative estimate of drug-likeness (QED) is 0.645. The molecule has 0 aromatic carbocycles. The largest absolute Gasteiger partial charge is 0.377 e. The lowest BCUT2D eigenvalue weighted by atomic mass is 9.81. The molecule has 2 aliphatic rings. The highest BCUT2D eigenvalue weighted by molar-refractivity contribution is 5.87. The van der Waals surface area contributed by atoms with Gasteiger partial charge in [0.1, 0.15) is 0 Å². The van der Waals surface area contributed by atoms with E-state index < -0.39 is 0 Å². The SMILES string of the molecule is COC1C=C(C)C2=C(C1)CC(C)(C)N=C2. The smallest absolute Gasteiger partial charge is 0.0795 e. The van der Waals surface area contributed by atoms with Crippen molar-refractivity contribution in [2.24, 2.45) is 4.99 Å². The van der Waals surface area contributed by atoms with Crippen LogP contribution in [-0.4, -0.2) is 25.0 Å². The van der Waals surface area contributed by atoms with Crippen molar-refractivity contribution < 1.29 is 4.74 Å². The van der Waals surface area contributed by atoms with Gasteiger partial charge >= 0.3 is 0 Å². The molecule has 15 heavy (non-hydrogen) atoms. The zero-order valence-electron chi connectivity index (χ0n) is 10.0. The van der Waals surface area contributed by atoms with E-state index in [0.717, 1.165) is 12.8 Å². The molecule has 1 unspecified atom stereocenters. The van der Waals surface area contributed by atoms with Gasteiger partial charge in [-0.05, 0) is 44.8 Å². The molecule has 2 rings (SSSR count). The van der Waals surface area contributed by atoms with Crippen molar-refractivity contribution in [1.82, 2.24) is 0 Å². The van der Waals surface area contributed by atoms with E-state index >= 15 is 0 Å². The Labute approximate surface area is 91.7 Å². The number of hydrogen-bond donors (Lipinski definition) is 0. The molecule has 2 nitrogen and oxygen atoms in total. The highest BCUT2D eigenvalue weighted by atomic mass is 16.5. The topological polar surface area (TPSA) is 21.6 Å². The van der Waals surface area contributed by atoms with Crippen molar-refractivity contribution in [1.29, 1.82) is 0 Å². The van der Waals surface area contributed by atoms with Gasteiger partial charge in [-0.2, -0.15) is 0 Å². The molecule has 0 bridgehead atoms. The minimum Gasteiger partial charge on any atom is -0.377 e. The third-order valence-electron chi connectivity index (χ3n) is 3.18. The van der Waals surface area contributed by atoms with Gasteiger partial charge in [-0.15, -0.1) is 0 Å². The lowest BCUT2D eigenvalue weighted by Gasteiger charge is -2.32. The van der Waals surface area contributed by atoms with Crippen LogP contribution < -0.4 is 0 Å². The summed E-state index contributed by atoms with van der Waals surface area (Å²) in [5.74, 6) is 0. The van der Waals surface area contributed by atoms with Crippen molar-refractivity contribution in [2.75, 3.05) is 7.11 Å². The molecule has 0 spiro atoms. The summed E-state index contributed by atoms with van der Waals surface area (Å²) in [7, 11) is 1.78. The zero-order chi connectivity index (χ0) is 11.1. The van der Waals surface area contributed by atoms with E-state index in [2.05, 4.69) is 31.8 Å². The van der Waals surface area contributed by atoms with Gasteiger partial charge < -0.3 is 4.74 Å². The first-order valence-corrected chi connectivity index (χ1v) is 5.51. The van der Waals surface area contributed by atoms with Gasteiger partial charge in [-0.1, -0.05) is 11.6 Å². The normalized spacial score (nSPS) is 28.8. The predicted octanol–water partition coefficient (Wildman–Crippen LogP) is 2.90. The molecule has 0 saturated heterocycles. The van der Waals surface area contributed by atoms with Crippen molar-refractivity contribution in [3.8, 4) is 0 Å². The number of dihydropyridines is 1. The van der Waals surface area contributed by atoms with Crippen molar-refractivity contribution in [2.45, 2.75) is 45.3 Å². The summed E-state index contributed by atoms with van der Waals surface area (Å²) in [6.45, 7) is 6.51. The fourth-order valence-electron chi connectivity index (χ4n) is 2.38. The highest BCUT2D eigenvalue weighted by Crippen LogP contribution is 2.35. The van der Waals surface area contributed by atoms with Gasteiger partial charge in [0, 0.05) is 13.3 Å². The Morgan fingerprint density at radius 2 is 2.20 bits per heavy atom. The van der Waals surface area contributed by atoms with E-state index in [0.29, 0.717) is 0 Å². The van der Waals surface area contributed by atoms with Crippen LogP contribution in [-0.2, 0) is 4.74 Å². The van der Waals surface area contributed by atoms with Crippen molar-refractivity contribution in [3.05, 3.63) is 22.8 Å². The van der Waals surface area contributed by atoms with E-state index in [1.54, 1.807) is 7.11 Å². The first-order valence-electron chi connectivity index (χ1n) is 5.51. The number of allylic oxidation sites excluding steroid dienone is 2. The molecule has 82 valence electrons. The van der Waals surface area contributed by atoms with E-state index in [4.69, 9.17) is 4.74 Å². The second-order valence-corrected chi connectivity index (χ2v) is 5.09. The summed E-state index contributed by atoms with van der Waals surface area (Å²) in [5.41, 5.74) is 4.21. The molecular weight excluding hydrogens is 186 g/mol. The summed E-state index contributed by atoms with van der Waals surface area (Å²) in [4.78, 5) is 4.58. The molecule has 2 heteroatoms. The second-order valence-electron chi connectivity index (χ2n) is 5.09. The van der Waals surface area contributed by atoms with Gasteiger partial charge in [0.2, 0.25) is 0 Å². The molecule has 1 heterocycles. The molecule has 0 amide bonds. The Kier molecular flexibility index (Phi) is 2.55. The Morgan fingerprint density at radius 1 is 1.47 bits per heavy atom. The highest BCUT2D eigenvalue weighted by Gasteiger charge is 2.28. The maximum absolute atomic E-state index is 5.42. The van der Waals surface area contributed by atoms with Gasteiger partial charge in [0.15, 0.2) is 0 Å². The predicted molar refractivity (Wildman–Crippen MR) is 63.4 cm³/mol. The van der Waals surface area contributed by atoms with E-state index in [1.165, 1.54) is 16.7 Å². The molecule has 1 aliphatic heterocycles. The minimum absolute atomic E-state index is 0.0642. The van der Waals surface area contributed by atoms with Crippen LogP contribution in [0.15, 0.2) is 27.8 Å². The summed E-state index contributed by atoms with van der Waals surface area (Å²) in [6, 6.07) is 0. The number of aliphatic imine (C=N–C) groups is 1. The third kappa shape index (κ3) is 2.05. The molecule has 0 fully saturated rings. The average molecular weight is 205 g/mol. The Hall–Kier alpha value is -0.890. The van der Waals surface area contributed by atoms with Crippen molar-refractivity contribution >= 4 is 6.21 Å². The lowest BCUT2D eigenvalue weighted by Crippen LogP contribution is -2.27. The third-order valence-corrected chi connectivity index (χ3v) is 3.18. The summed E-state index contributed by atoms with van der Waals surface area (Å²) in [6.07, 6.45) is 6.58. The number of ether oxygens (including phenoxy) is 1. The standard InChI is InChI=1S/C13H19NO/c1-9-5-11(15-4)6-10-7-13(2,3)14-8-12(9)10/h5,8,11H,6-7H2,1-4H3. The van der Waals surface area contributed by atoms with E-state index in [-0.39, 0.29) is 11.6 Å². The second kappa shape index (κ2) is 3.60. The van der Waals surface area contributed by atoms with Gasteiger partial charge in [-0.25, -0.2) is 0 Å².